The van der Waals surface area contributed by atoms with Crippen molar-refractivity contribution in [2.24, 2.45) is 0 Å². The van der Waals surface area contributed by atoms with Gasteiger partial charge in [0, 0.05) is 37.7 Å². The first kappa shape index (κ1) is 17.2. The number of carbonyl (C=O) groups is 1. The molecule has 3 nitrogen and oxygen atoms in total. The first-order valence-corrected chi connectivity index (χ1v) is 8.49. The fourth-order valence-corrected chi connectivity index (χ4v) is 3.16. The number of hydrogen-bond acceptors (Lipinski definition) is 2. The molecule has 1 amide bonds. The zero-order valence-corrected chi connectivity index (χ0v) is 14.5. The first-order valence-electron chi connectivity index (χ1n) is 7.74. The average Bonchev–Trinajstić information content (AvgIpc) is 2.57. The molecule has 1 fully saturated rings. The molecule has 1 heterocycles. The Hall–Kier alpha value is -1.62. The molecule has 2 aromatic carbocycles. The second kappa shape index (κ2) is 7.51. The smallest absolute Gasteiger partial charge is 0.255 e. The van der Waals surface area contributed by atoms with Gasteiger partial charge in [0.2, 0.25) is 0 Å². The summed E-state index contributed by atoms with van der Waals surface area (Å²) in [5.74, 6) is -0.588. The maximum absolute atomic E-state index is 13.1. The Morgan fingerprint density at radius 3 is 2.29 bits per heavy atom. The normalized spacial score (nSPS) is 15.5. The van der Waals surface area contributed by atoms with Crippen molar-refractivity contribution in [2.75, 3.05) is 26.2 Å². The Bertz CT molecular complexity index is 728. The van der Waals surface area contributed by atoms with Crippen molar-refractivity contribution in [2.45, 2.75) is 6.54 Å². The van der Waals surface area contributed by atoms with E-state index in [2.05, 4.69) is 4.90 Å². The van der Waals surface area contributed by atoms with Gasteiger partial charge in [-0.2, -0.15) is 0 Å². The van der Waals surface area contributed by atoms with Crippen molar-refractivity contribution in [3.8, 4) is 0 Å². The molecular weight excluding hydrogens is 350 g/mol. The lowest BCUT2D eigenvalue weighted by atomic mass is 10.1. The van der Waals surface area contributed by atoms with Crippen LogP contribution in [0.2, 0.25) is 10.0 Å². The number of piperazine rings is 1. The molecule has 0 radical (unpaired) electrons. The van der Waals surface area contributed by atoms with E-state index in [0.717, 1.165) is 24.7 Å². The van der Waals surface area contributed by atoms with Gasteiger partial charge < -0.3 is 4.90 Å². The van der Waals surface area contributed by atoms with Gasteiger partial charge in [0.15, 0.2) is 0 Å². The van der Waals surface area contributed by atoms with Crippen LogP contribution in [-0.2, 0) is 6.54 Å². The second-order valence-corrected chi connectivity index (χ2v) is 6.66. The van der Waals surface area contributed by atoms with E-state index in [-0.39, 0.29) is 10.9 Å². The molecule has 0 unspecified atom stereocenters. The average molecular weight is 367 g/mol. The Balaban J connectivity index is 1.58. The van der Waals surface area contributed by atoms with E-state index >= 15 is 0 Å². The summed E-state index contributed by atoms with van der Waals surface area (Å²) in [4.78, 5) is 16.6. The molecule has 0 atom stereocenters. The van der Waals surface area contributed by atoms with Crippen LogP contribution in [0.5, 0.6) is 0 Å². The fraction of sp³-hybridized carbons (Fsp3) is 0.278. The number of benzene rings is 2. The molecule has 0 aromatic heterocycles. The Labute approximate surface area is 150 Å². The molecule has 0 saturated carbocycles. The predicted molar refractivity (Wildman–Crippen MR) is 94.0 cm³/mol. The van der Waals surface area contributed by atoms with Crippen LogP contribution >= 0.6 is 23.2 Å². The van der Waals surface area contributed by atoms with Crippen LogP contribution in [0.3, 0.4) is 0 Å². The van der Waals surface area contributed by atoms with Crippen molar-refractivity contribution >= 4 is 29.1 Å². The van der Waals surface area contributed by atoms with Crippen molar-refractivity contribution in [1.29, 1.82) is 0 Å². The highest BCUT2D eigenvalue weighted by Gasteiger charge is 2.23. The van der Waals surface area contributed by atoms with Gasteiger partial charge in [-0.25, -0.2) is 4.39 Å². The zero-order valence-electron chi connectivity index (χ0n) is 13.0. The second-order valence-electron chi connectivity index (χ2n) is 5.82. The summed E-state index contributed by atoms with van der Waals surface area (Å²) in [6.07, 6.45) is 0. The van der Waals surface area contributed by atoms with Crippen molar-refractivity contribution in [1.82, 2.24) is 9.80 Å². The number of amides is 1. The minimum absolute atomic E-state index is 0.147. The molecule has 2 aromatic rings. The van der Waals surface area contributed by atoms with E-state index in [1.54, 1.807) is 4.90 Å². The van der Waals surface area contributed by atoms with Gasteiger partial charge in [-0.05, 0) is 35.9 Å². The largest absolute Gasteiger partial charge is 0.336 e. The molecule has 6 heteroatoms. The predicted octanol–water partition coefficient (Wildman–Crippen LogP) is 4.09. The lowest BCUT2D eigenvalue weighted by molar-refractivity contribution is 0.0628. The maximum Gasteiger partial charge on any atom is 0.255 e. The van der Waals surface area contributed by atoms with Gasteiger partial charge in [0.25, 0.3) is 5.91 Å². The molecule has 3 rings (SSSR count). The molecule has 0 N–H and O–H groups in total. The van der Waals surface area contributed by atoms with Crippen molar-refractivity contribution in [3.05, 3.63) is 69.5 Å². The van der Waals surface area contributed by atoms with E-state index in [0.29, 0.717) is 18.7 Å². The molecule has 0 spiro atoms. The lowest BCUT2D eigenvalue weighted by Crippen LogP contribution is -2.48. The van der Waals surface area contributed by atoms with E-state index in [1.165, 1.54) is 23.8 Å². The van der Waals surface area contributed by atoms with Gasteiger partial charge in [-0.1, -0.05) is 35.3 Å². The van der Waals surface area contributed by atoms with Crippen LogP contribution < -0.4 is 0 Å². The number of hydrogen-bond donors (Lipinski definition) is 0. The number of carbonyl (C=O) groups excluding carboxylic acids is 1. The van der Waals surface area contributed by atoms with Gasteiger partial charge in [0.05, 0.1) is 10.6 Å². The maximum atomic E-state index is 13.1. The number of rotatable bonds is 3. The van der Waals surface area contributed by atoms with Crippen LogP contribution in [0.25, 0.3) is 0 Å². The molecule has 126 valence electrons. The summed E-state index contributed by atoms with van der Waals surface area (Å²) in [7, 11) is 0. The van der Waals surface area contributed by atoms with Crippen molar-refractivity contribution in [3.63, 3.8) is 0 Å². The van der Waals surface area contributed by atoms with Gasteiger partial charge in [0.1, 0.15) is 5.82 Å². The standard InChI is InChI=1S/C18H17Cl2FN2O/c19-14-3-1-13(2-4-14)12-22-7-9-23(10-8-22)18(24)16-6-5-15(21)11-17(16)20/h1-6,11H,7-10,12H2. The third-order valence-corrected chi connectivity index (χ3v) is 4.71. The Kier molecular flexibility index (Phi) is 5.39. The molecule has 24 heavy (non-hydrogen) atoms. The molecular formula is C18H17Cl2FN2O. The van der Waals surface area contributed by atoms with Crippen LogP contribution in [0.1, 0.15) is 15.9 Å². The topological polar surface area (TPSA) is 23.6 Å². The number of halogens is 3. The highest BCUT2D eigenvalue weighted by Crippen LogP contribution is 2.20. The number of nitrogens with zero attached hydrogens (tertiary/aromatic N) is 2. The van der Waals surface area contributed by atoms with Crippen LogP contribution in [0.15, 0.2) is 42.5 Å². The lowest BCUT2D eigenvalue weighted by Gasteiger charge is -2.35. The summed E-state index contributed by atoms with van der Waals surface area (Å²) < 4.78 is 13.1. The zero-order chi connectivity index (χ0) is 17.1. The van der Waals surface area contributed by atoms with Gasteiger partial charge in [-0.15, -0.1) is 0 Å². The van der Waals surface area contributed by atoms with Gasteiger partial charge >= 0.3 is 0 Å². The van der Waals surface area contributed by atoms with E-state index in [1.807, 2.05) is 24.3 Å². The Morgan fingerprint density at radius 1 is 1.00 bits per heavy atom. The summed E-state index contributed by atoms with van der Waals surface area (Å²) in [6.45, 7) is 3.65. The van der Waals surface area contributed by atoms with Gasteiger partial charge in [-0.3, -0.25) is 9.69 Å². The molecule has 1 aliphatic heterocycles. The third-order valence-electron chi connectivity index (χ3n) is 4.14. The summed E-state index contributed by atoms with van der Waals surface area (Å²) in [5.41, 5.74) is 1.55. The first-order chi connectivity index (χ1) is 11.5. The van der Waals surface area contributed by atoms with E-state index in [4.69, 9.17) is 23.2 Å². The molecule has 1 saturated heterocycles. The molecule has 0 aliphatic carbocycles. The quantitative estimate of drug-likeness (QED) is 0.816. The highest BCUT2D eigenvalue weighted by molar-refractivity contribution is 6.33. The van der Waals surface area contributed by atoms with E-state index in [9.17, 15) is 9.18 Å². The van der Waals surface area contributed by atoms with Crippen LogP contribution in [0, 0.1) is 5.82 Å². The van der Waals surface area contributed by atoms with Crippen LogP contribution in [-0.4, -0.2) is 41.9 Å². The Morgan fingerprint density at radius 2 is 1.67 bits per heavy atom. The minimum Gasteiger partial charge on any atom is -0.336 e. The molecule has 0 bridgehead atoms. The summed E-state index contributed by atoms with van der Waals surface area (Å²) >= 11 is 11.9. The van der Waals surface area contributed by atoms with Crippen molar-refractivity contribution < 1.29 is 9.18 Å². The fourth-order valence-electron chi connectivity index (χ4n) is 2.79. The minimum atomic E-state index is -0.440. The van der Waals surface area contributed by atoms with E-state index < -0.39 is 5.82 Å². The monoisotopic (exact) mass is 366 g/mol. The summed E-state index contributed by atoms with van der Waals surface area (Å²) in [5, 5.41) is 0.883. The van der Waals surface area contributed by atoms with Crippen LogP contribution in [0.4, 0.5) is 4.39 Å². The SMILES string of the molecule is O=C(c1ccc(F)cc1Cl)N1CCN(Cc2ccc(Cl)cc2)CC1. The summed E-state index contributed by atoms with van der Waals surface area (Å²) in [6, 6.07) is 11.7. The molecule has 1 aliphatic rings. The third kappa shape index (κ3) is 4.07. The highest BCUT2D eigenvalue weighted by atomic mass is 35.5.